The second-order valence-corrected chi connectivity index (χ2v) is 6.57. The first-order chi connectivity index (χ1) is 12.6. The maximum atomic E-state index is 12.1. The summed E-state index contributed by atoms with van der Waals surface area (Å²) in [6.45, 7) is 3.05. The van der Waals surface area contributed by atoms with E-state index in [4.69, 9.17) is 11.6 Å². The molecular formula is C20H21ClN4O. The van der Waals surface area contributed by atoms with Gasteiger partial charge in [0.15, 0.2) is 0 Å². The molecule has 2 aromatic carbocycles. The van der Waals surface area contributed by atoms with E-state index in [0.29, 0.717) is 18.1 Å². The van der Waals surface area contributed by atoms with Crippen LogP contribution in [0.1, 0.15) is 29.7 Å². The molecule has 2 amide bonds. The molecule has 1 heterocycles. The van der Waals surface area contributed by atoms with Gasteiger partial charge in [-0.15, -0.1) is 0 Å². The van der Waals surface area contributed by atoms with Gasteiger partial charge in [-0.1, -0.05) is 54.1 Å². The predicted molar refractivity (Wildman–Crippen MR) is 103 cm³/mol. The summed E-state index contributed by atoms with van der Waals surface area (Å²) < 4.78 is 1.86. The summed E-state index contributed by atoms with van der Waals surface area (Å²) in [6.07, 6.45) is 3.71. The summed E-state index contributed by atoms with van der Waals surface area (Å²) in [7, 11) is 0. The third-order valence-corrected chi connectivity index (χ3v) is 4.26. The molecule has 1 atom stereocenters. The highest BCUT2D eigenvalue weighted by Gasteiger charge is 2.10. The number of hydrogen-bond acceptors (Lipinski definition) is 2. The molecule has 0 bridgehead atoms. The maximum absolute atomic E-state index is 12.1. The lowest BCUT2D eigenvalue weighted by Gasteiger charge is -2.15. The number of aromatic nitrogens is 2. The highest BCUT2D eigenvalue weighted by molar-refractivity contribution is 6.30. The van der Waals surface area contributed by atoms with Gasteiger partial charge in [-0.05, 0) is 30.2 Å². The second-order valence-electron chi connectivity index (χ2n) is 6.14. The first-order valence-corrected chi connectivity index (χ1v) is 8.83. The normalized spacial score (nSPS) is 11.8. The first-order valence-electron chi connectivity index (χ1n) is 8.45. The van der Waals surface area contributed by atoms with E-state index in [2.05, 4.69) is 27.9 Å². The van der Waals surface area contributed by atoms with E-state index in [-0.39, 0.29) is 12.1 Å². The van der Waals surface area contributed by atoms with Crippen molar-refractivity contribution in [3.8, 4) is 0 Å². The topological polar surface area (TPSA) is 59.0 Å². The van der Waals surface area contributed by atoms with Gasteiger partial charge in [0.05, 0.1) is 18.8 Å². The van der Waals surface area contributed by atoms with E-state index >= 15 is 0 Å². The van der Waals surface area contributed by atoms with E-state index in [0.717, 1.165) is 11.1 Å². The Balaban J connectivity index is 1.49. The van der Waals surface area contributed by atoms with Crippen LogP contribution >= 0.6 is 11.6 Å². The number of nitrogens with one attached hydrogen (secondary N) is 2. The summed E-state index contributed by atoms with van der Waals surface area (Å²) in [5, 5.41) is 10.8. The van der Waals surface area contributed by atoms with Crippen molar-refractivity contribution in [3.63, 3.8) is 0 Å². The fraction of sp³-hybridized carbons (Fsp3) is 0.200. The SMILES string of the molecule is CC(NC(=O)NCc1cnn(Cc2ccccc2)c1)c1cccc(Cl)c1. The van der Waals surface area contributed by atoms with Crippen LogP contribution < -0.4 is 10.6 Å². The van der Waals surface area contributed by atoms with E-state index in [1.54, 1.807) is 6.20 Å². The highest BCUT2D eigenvalue weighted by atomic mass is 35.5. The zero-order valence-corrected chi connectivity index (χ0v) is 15.3. The van der Waals surface area contributed by atoms with Crippen LogP contribution in [0.4, 0.5) is 4.79 Å². The minimum absolute atomic E-state index is 0.130. The third kappa shape index (κ3) is 5.10. The molecule has 3 aromatic rings. The van der Waals surface area contributed by atoms with Crippen LogP contribution in [-0.2, 0) is 13.1 Å². The van der Waals surface area contributed by atoms with Crippen molar-refractivity contribution in [1.29, 1.82) is 0 Å². The summed E-state index contributed by atoms with van der Waals surface area (Å²) >= 11 is 5.99. The van der Waals surface area contributed by atoms with Crippen molar-refractivity contribution in [2.24, 2.45) is 0 Å². The lowest BCUT2D eigenvalue weighted by molar-refractivity contribution is 0.237. The summed E-state index contributed by atoms with van der Waals surface area (Å²) in [5.74, 6) is 0. The molecule has 0 aliphatic rings. The van der Waals surface area contributed by atoms with E-state index in [1.165, 1.54) is 5.56 Å². The van der Waals surface area contributed by atoms with Crippen molar-refractivity contribution in [2.75, 3.05) is 0 Å². The van der Waals surface area contributed by atoms with Crippen LogP contribution in [0.2, 0.25) is 5.02 Å². The molecular weight excluding hydrogens is 348 g/mol. The molecule has 0 fully saturated rings. The van der Waals surface area contributed by atoms with Crippen LogP contribution in [0.15, 0.2) is 67.0 Å². The average molecular weight is 369 g/mol. The smallest absolute Gasteiger partial charge is 0.315 e. The lowest BCUT2D eigenvalue weighted by Crippen LogP contribution is -2.36. The predicted octanol–water partition coefficient (Wildman–Crippen LogP) is 4.15. The largest absolute Gasteiger partial charge is 0.334 e. The number of benzene rings is 2. The zero-order chi connectivity index (χ0) is 18.4. The van der Waals surface area contributed by atoms with Gasteiger partial charge in [0.1, 0.15) is 0 Å². The molecule has 5 nitrogen and oxygen atoms in total. The minimum Gasteiger partial charge on any atom is -0.334 e. The van der Waals surface area contributed by atoms with Crippen molar-refractivity contribution in [1.82, 2.24) is 20.4 Å². The number of carbonyl (C=O) groups is 1. The van der Waals surface area contributed by atoms with Crippen LogP contribution in [-0.4, -0.2) is 15.8 Å². The average Bonchev–Trinajstić information content (AvgIpc) is 3.08. The monoisotopic (exact) mass is 368 g/mol. The number of nitrogens with zero attached hydrogens (tertiary/aromatic N) is 2. The lowest BCUT2D eigenvalue weighted by atomic mass is 10.1. The number of urea groups is 1. The quantitative estimate of drug-likeness (QED) is 0.686. The Hall–Kier alpha value is -2.79. The number of carbonyl (C=O) groups excluding carboxylic acids is 1. The Morgan fingerprint density at radius 1 is 1.15 bits per heavy atom. The molecule has 0 aliphatic carbocycles. The Bertz CT molecular complexity index is 863. The van der Waals surface area contributed by atoms with Crippen LogP contribution in [0.25, 0.3) is 0 Å². The number of rotatable bonds is 6. The van der Waals surface area contributed by atoms with Crippen molar-refractivity contribution in [3.05, 3.63) is 88.7 Å². The van der Waals surface area contributed by atoms with Crippen molar-refractivity contribution >= 4 is 17.6 Å². The van der Waals surface area contributed by atoms with Gasteiger partial charge in [-0.3, -0.25) is 4.68 Å². The summed E-state index contributed by atoms with van der Waals surface area (Å²) in [6, 6.07) is 17.2. The van der Waals surface area contributed by atoms with Gasteiger partial charge >= 0.3 is 6.03 Å². The Labute approximate surface area is 158 Å². The fourth-order valence-electron chi connectivity index (χ4n) is 2.64. The number of amides is 2. The Kier molecular flexibility index (Phi) is 5.92. The van der Waals surface area contributed by atoms with Crippen LogP contribution in [0.5, 0.6) is 0 Å². The molecule has 3 rings (SSSR count). The van der Waals surface area contributed by atoms with E-state index in [1.807, 2.05) is 60.3 Å². The molecule has 0 spiro atoms. The van der Waals surface area contributed by atoms with Crippen molar-refractivity contribution in [2.45, 2.75) is 26.1 Å². The molecule has 1 aromatic heterocycles. The minimum atomic E-state index is -0.228. The first kappa shape index (κ1) is 18.0. The van der Waals surface area contributed by atoms with Gasteiger partial charge in [-0.2, -0.15) is 5.10 Å². The van der Waals surface area contributed by atoms with E-state index < -0.39 is 0 Å². The summed E-state index contributed by atoms with van der Waals surface area (Å²) in [5.41, 5.74) is 3.10. The van der Waals surface area contributed by atoms with Crippen LogP contribution in [0.3, 0.4) is 0 Å². The number of hydrogen-bond donors (Lipinski definition) is 2. The van der Waals surface area contributed by atoms with Crippen molar-refractivity contribution < 1.29 is 4.79 Å². The van der Waals surface area contributed by atoms with E-state index in [9.17, 15) is 4.79 Å². The maximum Gasteiger partial charge on any atom is 0.315 e. The fourth-order valence-corrected chi connectivity index (χ4v) is 2.84. The molecule has 134 valence electrons. The van der Waals surface area contributed by atoms with Gasteiger partial charge in [0, 0.05) is 23.3 Å². The van der Waals surface area contributed by atoms with Gasteiger partial charge in [0.2, 0.25) is 0 Å². The molecule has 2 N–H and O–H groups in total. The number of halogens is 1. The standard InChI is InChI=1S/C20H21ClN4O/c1-15(18-8-5-9-19(21)10-18)24-20(26)22-11-17-12-23-25(14-17)13-16-6-3-2-4-7-16/h2-10,12,14-15H,11,13H2,1H3,(H2,22,24,26). The molecule has 26 heavy (non-hydrogen) atoms. The van der Waals surface area contributed by atoms with Gasteiger partial charge in [0.25, 0.3) is 0 Å². The van der Waals surface area contributed by atoms with Crippen LogP contribution in [0, 0.1) is 0 Å². The molecule has 0 saturated heterocycles. The van der Waals surface area contributed by atoms with Gasteiger partial charge in [-0.25, -0.2) is 4.79 Å². The molecule has 6 heteroatoms. The molecule has 0 aliphatic heterocycles. The molecule has 1 unspecified atom stereocenters. The Morgan fingerprint density at radius 3 is 2.73 bits per heavy atom. The third-order valence-electron chi connectivity index (χ3n) is 4.02. The van der Waals surface area contributed by atoms with Gasteiger partial charge < -0.3 is 10.6 Å². The Morgan fingerprint density at radius 2 is 1.96 bits per heavy atom. The second kappa shape index (κ2) is 8.54. The summed E-state index contributed by atoms with van der Waals surface area (Å²) in [4.78, 5) is 12.1. The molecule has 0 radical (unpaired) electrons. The highest BCUT2D eigenvalue weighted by Crippen LogP contribution is 2.17. The zero-order valence-electron chi connectivity index (χ0n) is 14.5. The molecule has 0 saturated carbocycles.